The summed E-state index contributed by atoms with van der Waals surface area (Å²) in [6.45, 7) is 0. The minimum Gasteiger partial charge on any atom is -0.377 e. The monoisotopic (exact) mass is 409 g/mol. The molecule has 3 aromatic carbocycles. The van der Waals surface area contributed by atoms with Crippen LogP contribution in [0.1, 0.15) is 28.8 Å². The molecule has 0 unspecified atom stereocenters. The first-order valence-electron chi connectivity index (χ1n) is 9.15. The molecular weight excluding hydrogens is 389 g/mol. The van der Waals surface area contributed by atoms with Gasteiger partial charge < -0.3 is 10.2 Å². The zero-order valence-corrected chi connectivity index (χ0v) is 17.2. The highest BCUT2D eigenvalue weighted by Crippen LogP contribution is 2.38. The van der Waals surface area contributed by atoms with Crippen molar-refractivity contribution in [2.45, 2.75) is 12.1 Å². The van der Waals surface area contributed by atoms with Crippen LogP contribution >= 0.6 is 23.2 Å². The maximum Gasteiger partial charge on any atom is 0.131 e. The van der Waals surface area contributed by atoms with E-state index >= 15 is 0 Å². The Hall–Kier alpha value is -2.49. The van der Waals surface area contributed by atoms with E-state index in [0.29, 0.717) is 0 Å². The Morgan fingerprint density at radius 2 is 1.36 bits per heavy atom. The van der Waals surface area contributed by atoms with Crippen LogP contribution in [0.5, 0.6) is 0 Å². The van der Waals surface area contributed by atoms with Gasteiger partial charge in [-0.05, 0) is 47.5 Å². The highest BCUT2D eigenvalue weighted by atomic mass is 35.5. The lowest BCUT2D eigenvalue weighted by Gasteiger charge is -2.21. The Labute approximate surface area is 175 Å². The summed E-state index contributed by atoms with van der Waals surface area (Å²) in [5.74, 6) is 0.893. The molecule has 0 fully saturated rings. The molecule has 0 amide bonds. The fourth-order valence-electron chi connectivity index (χ4n) is 3.55. The van der Waals surface area contributed by atoms with Crippen LogP contribution in [0.15, 0.2) is 77.8 Å². The van der Waals surface area contributed by atoms with Crippen molar-refractivity contribution in [2.24, 2.45) is 4.99 Å². The van der Waals surface area contributed by atoms with E-state index in [1.807, 2.05) is 62.6 Å². The maximum absolute atomic E-state index is 6.10. The summed E-state index contributed by atoms with van der Waals surface area (Å²) in [6, 6.07) is 24.1. The van der Waals surface area contributed by atoms with Gasteiger partial charge in [-0.2, -0.15) is 0 Å². The molecule has 0 saturated carbocycles. The number of halogens is 2. The minimum atomic E-state index is -0.0522. The zero-order chi connectivity index (χ0) is 19.7. The molecule has 3 aromatic rings. The van der Waals surface area contributed by atoms with Crippen molar-refractivity contribution in [1.29, 1.82) is 0 Å². The highest BCUT2D eigenvalue weighted by Gasteiger charge is 2.32. The van der Waals surface area contributed by atoms with E-state index in [1.165, 1.54) is 0 Å². The van der Waals surface area contributed by atoms with Crippen molar-refractivity contribution in [3.63, 3.8) is 0 Å². The molecular formula is C23H21Cl2N3. The predicted octanol–water partition coefficient (Wildman–Crippen LogP) is 5.89. The molecule has 28 heavy (non-hydrogen) atoms. The molecule has 1 N–H and O–H groups in total. The topological polar surface area (TPSA) is 27.6 Å². The maximum atomic E-state index is 6.10. The molecule has 0 aliphatic carbocycles. The van der Waals surface area contributed by atoms with Gasteiger partial charge in [-0.3, -0.25) is 4.99 Å². The minimum absolute atomic E-state index is 0.0173. The van der Waals surface area contributed by atoms with E-state index in [9.17, 15) is 0 Å². The van der Waals surface area contributed by atoms with E-state index in [-0.39, 0.29) is 12.1 Å². The Balaban J connectivity index is 1.78. The number of anilines is 1. The lowest BCUT2D eigenvalue weighted by Crippen LogP contribution is -2.26. The van der Waals surface area contributed by atoms with Crippen molar-refractivity contribution in [3.8, 4) is 0 Å². The zero-order valence-electron chi connectivity index (χ0n) is 15.7. The smallest absolute Gasteiger partial charge is 0.131 e. The summed E-state index contributed by atoms with van der Waals surface area (Å²) in [5.41, 5.74) is 4.47. The van der Waals surface area contributed by atoms with Crippen molar-refractivity contribution in [2.75, 3.05) is 19.0 Å². The third kappa shape index (κ3) is 3.73. The van der Waals surface area contributed by atoms with Gasteiger partial charge in [0.2, 0.25) is 0 Å². The summed E-state index contributed by atoms with van der Waals surface area (Å²) in [4.78, 5) is 7.19. The van der Waals surface area contributed by atoms with Crippen LogP contribution in [0.3, 0.4) is 0 Å². The second kappa shape index (κ2) is 7.86. The van der Waals surface area contributed by atoms with Gasteiger partial charge in [-0.1, -0.05) is 59.6 Å². The average molecular weight is 410 g/mol. The van der Waals surface area contributed by atoms with Crippen molar-refractivity contribution in [1.82, 2.24) is 5.32 Å². The Kier molecular flexibility index (Phi) is 5.29. The van der Waals surface area contributed by atoms with E-state index in [2.05, 4.69) is 34.5 Å². The second-order valence-electron chi connectivity index (χ2n) is 7.06. The first kappa shape index (κ1) is 18.9. The van der Waals surface area contributed by atoms with Crippen LogP contribution in [0.4, 0.5) is 5.69 Å². The summed E-state index contributed by atoms with van der Waals surface area (Å²) in [7, 11) is 4.09. The van der Waals surface area contributed by atoms with Gasteiger partial charge in [0.25, 0.3) is 0 Å². The van der Waals surface area contributed by atoms with E-state index in [1.54, 1.807) is 0 Å². The quantitative estimate of drug-likeness (QED) is 0.581. The summed E-state index contributed by atoms with van der Waals surface area (Å²) >= 11 is 12.2. The SMILES string of the molecule is CN(C)c1ccccc1C1=N[C@H](c2ccc(Cl)cc2)[C@H](c2ccc(Cl)cc2)N1. The van der Waals surface area contributed by atoms with Crippen LogP contribution < -0.4 is 10.2 Å². The number of amidine groups is 1. The summed E-state index contributed by atoms with van der Waals surface area (Å²) in [5, 5.41) is 5.10. The van der Waals surface area contributed by atoms with Crippen LogP contribution in [0, 0.1) is 0 Å². The molecule has 2 atom stereocenters. The third-order valence-electron chi connectivity index (χ3n) is 4.96. The first-order chi connectivity index (χ1) is 13.5. The Morgan fingerprint density at radius 3 is 1.96 bits per heavy atom. The lowest BCUT2D eigenvalue weighted by atomic mass is 9.95. The molecule has 0 spiro atoms. The summed E-state index contributed by atoms with van der Waals surface area (Å²) in [6.07, 6.45) is 0. The number of hydrogen-bond donors (Lipinski definition) is 1. The van der Waals surface area contributed by atoms with Gasteiger partial charge in [-0.15, -0.1) is 0 Å². The Morgan fingerprint density at radius 1 is 0.786 bits per heavy atom. The third-order valence-corrected chi connectivity index (χ3v) is 5.46. The van der Waals surface area contributed by atoms with Gasteiger partial charge >= 0.3 is 0 Å². The molecule has 0 radical (unpaired) electrons. The fraction of sp³-hybridized carbons (Fsp3) is 0.174. The van der Waals surface area contributed by atoms with Crippen LogP contribution in [-0.2, 0) is 0 Å². The van der Waals surface area contributed by atoms with Gasteiger partial charge in [0, 0.05) is 35.4 Å². The summed E-state index contributed by atoms with van der Waals surface area (Å²) < 4.78 is 0. The van der Waals surface area contributed by atoms with E-state index in [0.717, 1.165) is 38.3 Å². The molecule has 1 heterocycles. The van der Waals surface area contributed by atoms with Crippen LogP contribution in [0.2, 0.25) is 10.0 Å². The van der Waals surface area contributed by atoms with Crippen molar-refractivity contribution < 1.29 is 0 Å². The normalized spacial score (nSPS) is 18.5. The molecule has 3 nitrogen and oxygen atoms in total. The number of rotatable bonds is 4. The largest absolute Gasteiger partial charge is 0.377 e. The van der Waals surface area contributed by atoms with Crippen molar-refractivity contribution in [3.05, 3.63) is 99.5 Å². The second-order valence-corrected chi connectivity index (χ2v) is 7.93. The van der Waals surface area contributed by atoms with Gasteiger partial charge in [0.05, 0.1) is 6.04 Å². The first-order valence-corrected chi connectivity index (χ1v) is 9.90. The fourth-order valence-corrected chi connectivity index (χ4v) is 3.80. The number of aliphatic imine (C=N–C) groups is 1. The van der Waals surface area contributed by atoms with Crippen LogP contribution in [-0.4, -0.2) is 19.9 Å². The lowest BCUT2D eigenvalue weighted by molar-refractivity contribution is 0.572. The highest BCUT2D eigenvalue weighted by molar-refractivity contribution is 6.30. The standard InChI is InChI=1S/C23H21Cl2N3/c1-28(2)20-6-4-3-5-19(20)23-26-21(15-7-11-17(24)12-8-15)22(27-23)16-9-13-18(25)14-10-16/h3-14,21-22H,1-2H3,(H,26,27)/t21-,22+. The van der Waals surface area contributed by atoms with Crippen LogP contribution in [0.25, 0.3) is 0 Å². The molecule has 0 bridgehead atoms. The number of nitrogens with zero attached hydrogens (tertiary/aromatic N) is 2. The van der Waals surface area contributed by atoms with E-state index in [4.69, 9.17) is 28.2 Å². The van der Waals surface area contributed by atoms with E-state index < -0.39 is 0 Å². The average Bonchev–Trinajstić information content (AvgIpc) is 3.14. The molecule has 142 valence electrons. The van der Waals surface area contributed by atoms with Crippen molar-refractivity contribution >= 4 is 34.7 Å². The number of benzene rings is 3. The Bertz CT molecular complexity index is 995. The number of hydrogen-bond acceptors (Lipinski definition) is 3. The number of nitrogens with one attached hydrogen (secondary N) is 1. The molecule has 0 aromatic heterocycles. The molecule has 5 heteroatoms. The number of para-hydroxylation sites is 1. The van der Waals surface area contributed by atoms with Gasteiger partial charge in [-0.25, -0.2) is 0 Å². The molecule has 1 aliphatic rings. The van der Waals surface area contributed by atoms with Gasteiger partial charge in [0.1, 0.15) is 11.9 Å². The molecule has 0 saturated heterocycles. The van der Waals surface area contributed by atoms with Gasteiger partial charge in [0.15, 0.2) is 0 Å². The molecule has 4 rings (SSSR count). The predicted molar refractivity (Wildman–Crippen MR) is 119 cm³/mol. The molecule has 1 aliphatic heterocycles.